The summed E-state index contributed by atoms with van der Waals surface area (Å²) in [6, 6.07) is 7.67. The van der Waals surface area contributed by atoms with Crippen LogP contribution in [0.25, 0.3) is 0 Å². The number of nitro benzene ring substituents is 1. The minimum absolute atomic E-state index is 0.165. The number of likely N-dealkylation sites (tertiary alicyclic amines) is 1. The van der Waals surface area contributed by atoms with Crippen molar-refractivity contribution in [2.75, 3.05) is 44.2 Å². The van der Waals surface area contributed by atoms with E-state index >= 15 is 0 Å². The van der Waals surface area contributed by atoms with Gasteiger partial charge in [0.1, 0.15) is 0 Å². The van der Waals surface area contributed by atoms with Crippen molar-refractivity contribution in [1.82, 2.24) is 10.2 Å². The molecule has 1 N–H and O–H groups in total. The first-order valence-electron chi connectivity index (χ1n) is 8.09. The van der Waals surface area contributed by atoms with Crippen LogP contribution in [-0.2, 0) is 0 Å². The minimum atomic E-state index is -0.342. The molecule has 1 spiro atoms. The van der Waals surface area contributed by atoms with Crippen molar-refractivity contribution in [2.45, 2.75) is 18.9 Å². The maximum Gasteiger partial charge on any atom is 0.269 e. The van der Waals surface area contributed by atoms with E-state index in [9.17, 15) is 10.1 Å². The first-order valence-corrected chi connectivity index (χ1v) is 8.09. The Balaban J connectivity index is 1.31. The molecule has 3 aliphatic rings. The van der Waals surface area contributed by atoms with Gasteiger partial charge in [-0.2, -0.15) is 0 Å². The van der Waals surface area contributed by atoms with E-state index in [1.807, 2.05) is 12.1 Å². The highest BCUT2D eigenvalue weighted by Crippen LogP contribution is 2.37. The number of nitrogens with zero attached hydrogens (tertiary/aromatic N) is 3. The SMILES string of the molecule is O=[N+]([O-])c1ccc(N2CCC(N3CC4(CNC4)C3)CC2)cc1. The van der Waals surface area contributed by atoms with Gasteiger partial charge in [-0.25, -0.2) is 0 Å². The van der Waals surface area contributed by atoms with Gasteiger partial charge in [0.25, 0.3) is 5.69 Å². The van der Waals surface area contributed by atoms with Crippen LogP contribution in [0.15, 0.2) is 24.3 Å². The Bertz CT molecular complexity index is 554. The van der Waals surface area contributed by atoms with E-state index in [4.69, 9.17) is 0 Å². The lowest BCUT2D eigenvalue weighted by atomic mass is 9.73. The van der Waals surface area contributed by atoms with Gasteiger partial charge in [-0.1, -0.05) is 0 Å². The number of rotatable bonds is 3. The quantitative estimate of drug-likeness (QED) is 0.677. The highest BCUT2D eigenvalue weighted by atomic mass is 16.6. The molecule has 0 saturated carbocycles. The first-order chi connectivity index (χ1) is 10.7. The molecule has 0 bridgehead atoms. The summed E-state index contributed by atoms with van der Waals surface area (Å²) in [4.78, 5) is 15.4. The third kappa shape index (κ3) is 2.36. The van der Waals surface area contributed by atoms with Gasteiger partial charge in [0.2, 0.25) is 0 Å². The average Bonchev–Trinajstić information content (AvgIpc) is 2.45. The van der Waals surface area contributed by atoms with Crippen LogP contribution in [0.5, 0.6) is 0 Å². The standard InChI is InChI=1S/C16H22N4O2/c21-20(22)15-3-1-13(2-4-15)18-7-5-14(6-8-18)19-11-16(12-19)9-17-10-16/h1-4,14,17H,5-12H2. The van der Waals surface area contributed by atoms with Crippen molar-refractivity contribution >= 4 is 11.4 Å². The molecule has 6 nitrogen and oxygen atoms in total. The highest BCUT2D eigenvalue weighted by Gasteiger charge is 2.49. The van der Waals surface area contributed by atoms with E-state index < -0.39 is 0 Å². The van der Waals surface area contributed by atoms with Crippen LogP contribution in [0.1, 0.15) is 12.8 Å². The maximum atomic E-state index is 10.7. The van der Waals surface area contributed by atoms with Gasteiger partial charge in [0.05, 0.1) is 4.92 Å². The Labute approximate surface area is 130 Å². The zero-order chi connectivity index (χ0) is 15.2. The summed E-state index contributed by atoms with van der Waals surface area (Å²) < 4.78 is 0. The Hall–Kier alpha value is -1.66. The molecule has 0 unspecified atom stereocenters. The molecule has 0 atom stereocenters. The molecule has 1 aromatic rings. The molecule has 6 heteroatoms. The molecule has 3 heterocycles. The Morgan fingerprint density at radius 1 is 1.14 bits per heavy atom. The summed E-state index contributed by atoms with van der Waals surface area (Å²) >= 11 is 0. The molecule has 22 heavy (non-hydrogen) atoms. The van der Waals surface area contributed by atoms with Crippen molar-refractivity contribution in [1.29, 1.82) is 0 Å². The lowest BCUT2D eigenvalue weighted by Gasteiger charge is -2.59. The zero-order valence-corrected chi connectivity index (χ0v) is 12.7. The average molecular weight is 302 g/mol. The van der Waals surface area contributed by atoms with Crippen molar-refractivity contribution in [3.05, 3.63) is 34.4 Å². The fraction of sp³-hybridized carbons (Fsp3) is 0.625. The number of hydrogen-bond acceptors (Lipinski definition) is 5. The molecule has 3 aliphatic heterocycles. The smallest absolute Gasteiger partial charge is 0.269 e. The monoisotopic (exact) mass is 302 g/mol. The second-order valence-electron chi connectivity index (χ2n) is 7.00. The van der Waals surface area contributed by atoms with Gasteiger partial charge in [0, 0.05) is 68.5 Å². The Morgan fingerprint density at radius 3 is 2.27 bits per heavy atom. The molecule has 0 aromatic heterocycles. The molecule has 0 aliphatic carbocycles. The molecule has 3 fully saturated rings. The van der Waals surface area contributed by atoms with Crippen LogP contribution >= 0.6 is 0 Å². The zero-order valence-electron chi connectivity index (χ0n) is 12.7. The first kappa shape index (κ1) is 14.0. The predicted molar refractivity (Wildman–Crippen MR) is 85.2 cm³/mol. The Kier molecular flexibility index (Phi) is 3.31. The van der Waals surface area contributed by atoms with Crippen LogP contribution in [-0.4, -0.2) is 55.1 Å². The number of anilines is 1. The number of piperidine rings is 1. The van der Waals surface area contributed by atoms with Gasteiger partial charge < -0.3 is 10.2 Å². The predicted octanol–water partition coefficient (Wildman–Crippen LogP) is 1.47. The number of hydrogen-bond donors (Lipinski definition) is 1. The molecule has 118 valence electrons. The van der Waals surface area contributed by atoms with E-state index in [1.54, 1.807) is 12.1 Å². The lowest BCUT2D eigenvalue weighted by molar-refractivity contribution is -0.384. The van der Waals surface area contributed by atoms with Crippen LogP contribution in [0.3, 0.4) is 0 Å². The molecule has 4 rings (SSSR count). The van der Waals surface area contributed by atoms with E-state index in [1.165, 1.54) is 39.0 Å². The number of nitrogens with one attached hydrogen (secondary N) is 1. The van der Waals surface area contributed by atoms with Crippen LogP contribution in [0.2, 0.25) is 0 Å². The maximum absolute atomic E-state index is 10.7. The van der Waals surface area contributed by atoms with Crippen molar-refractivity contribution in [3.63, 3.8) is 0 Å². The molecule has 1 aromatic carbocycles. The normalized spacial score (nSPS) is 24.8. The lowest BCUT2D eigenvalue weighted by Crippen LogP contribution is -2.73. The third-order valence-corrected chi connectivity index (χ3v) is 5.48. The van der Waals surface area contributed by atoms with Gasteiger partial charge in [-0.15, -0.1) is 0 Å². The molecule has 0 amide bonds. The second-order valence-corrected chi connectivity index (χ2v) is 7.00. The van der Waals surface area contributed by atoms with Crippen LogP contribution in [0, 0.1) is 15.5 Å². The van der Waals surface area contributed by atoms with Crippen molar-refractivity contribution in [2.24, 2.45) is 5.41 Å². The van der Waals surface area contributed by atoms with E-state index in [2.05, 4.69) is 15.1 Å². The molecule has 3 saturated heterocycles. The van der Waals surface area contributed by atoms with E-state index in [-0.39, 0.29) is 10.6 Å². The van der Waals surface area contributed by atoms with Gasteiger partial charge >= 0.3 is 0 Å². The summed E-state index contributed by atoms with van der Waals surface area (Å²) in [6.07, 6.45) is 2.39. The van der Waals surface area contributed by atoms with Crippen LogP contribution < -0.4 is 10.2 Å². The summed E-state index contributed by atoms with van der Waals surface area (Å²) in [6.45, 7) is 7.02. The van der Waals surface area contributed by atoms with Gasteiger partial charge in [-0.3, -0.25) is 15.0 Å². The van der Waals surface area contributed by atoms with Crippen molar-refractivity contribution in [3.8, 4) is 0 Å². The summed E-state index contributed by atoms with van der Waals surface area (Å²) in [5, 5.41) is 14.1. The van der Waals surface area contributed by atoms with Crippen molar-refractivity contribution < 1.29 is 4.92 Å². The number of nitro groups is 1. The van der Waals surface area contributed by atoms with Crippen LogP contribution in [0.4, 0.5) is 11.4 Å². The van der Waals surface area contributed by atoms with E-state index in [0.717, 1.165) is 24.8 Å². The Morgan fingerprint density at radius 2 is 1.77 bits per heavy atom. The summed E-state index contributed by atoms with van der Waals surface area (Å²) in [5.74, 6) is 0. The highest BCUT2D eigenvalue weighted by molar-refractivity contribution is 5.51. The minimum Gasteiger partial charge on any atom is -0.371 e. The molecular formula is C16H22N4O2. The van der Waals surface area contributed by atoms with Gasteiger partial charge in [0.15, 0.2) is 0 Å². The number of benzene rings is 1. The summed E-state index contributed by atoms with van der Waals surface area (Å²) in [7, 11) is 0. The summed E-state index contributed by atoms with van der Waals surface area (Å²) in [5.41, 5.74) is 1.88. The number of non-ortho nitro benzene ring substituents is 1. The third-order valence-electron chi connectivity index (χ3n) is 5.48. The van der Waals surface area contributed by atoms with Gasteiger partial charge in [-0.05, 0) is 25.0 Å². The molecule has 0 radical (unpaired) electrons. The van der Waals surface area contributed by atoms with E-state index in [0.29, 0.717) is 5.41 Å². The largest absolute Gasteiger partial charge is 0.371 e. The fourth-order valence-corrected chi connectivity index (χ4v) is 4.05. The molecular weight excluding hydrogens is 280 g/mol. The fourth-order valence-electron chi connectivity index (χ4n) is 4.05. The second kappa shape index (κ2) is 5.21. The topological polar surface area (TPSA) is 61.7 Å².